The molecule has 0 unspecified atom stereocenters. The Morgan fingerprint density at radius 1 is 1.11 bits per heavy atom. The Morgan fingerprint density at radius 2 is 1.89 bits per heavy atom. The highest BCUT2D eigenvalue weighted by atomic mass is 79.9. The highest BCUT2D eigenvalue weighted by Gasteiger charge is 2.27. The van der Waals surface area contributed by atoms with E-state index in [9.17, 15) is 0 Å². The zero-order chi connectivity index (χ0) is 12.7. The predicted molar refractivity (Wildman–Crippen MR) is 77.2 cm³/mol. The largest absolute Gasteiger partial charge is 0.232 e. The maximum Gasteiger partial charge on any atom is 0.133 e. The van der Waals surface area contributed by atoms with Crippen LogP contribution < -0.4 is 0 Å². The summed E-state index contributed by atoms with van der Waals surface area (Å²) in [4.78, 5) is 8.99. The van der Waals surface area contributed by atoms with Crippen LogP contribution in [0.25, 0.3) is 11.3 Å². The molecule has 3 rings (SSSR count). The number of rotatable bonds is 2. The quantitative estimate of drug-likeness (QED) is 0.709. The van der Waals surface area contributed by atoms with Gasteiger partial charge in [-0.15, -0.1) is 0 Å². The first-order chi connectivity index (χ1) is 8.63. The first-order valence-corrected chi connectivity index (χ1v) is 7.18. The Kier molecular flexibility index (Phi) is 3.31. The highest BCUT2D eigenvalue weighted by Crippen LogP contribution is 2.40. The van der Waals surface area contributed by atoms with Crippen molar-refractivity contribution in [2.75, 3.05) is 0 Å². The van der Waals surface area contributed by atoms with Gasteiger partial charge in [0.1, 0.15) is 10.4 Å². The maximum atomic E-state index is 6.20. The average Bonchev–Trinajstić information content (AvgIpc) is 3.15. The molecule has 0 spiro atoms. The smallest absolute Gasteiger partial charge is 0.133 e. The van der Waals surface area contributed by atoms with E-state index in [-0.39, 0.29) is 0 Å². The summed E-state index contributed by atoms with van der Waals surface area (Å²) in [5.74, 6) is 1.38. The van der Waals surface area contributed by atoms with Crippen molar-refractivity contribution in [1.82, 2.24) is 9.97 Å². The zero-order valence-corrected chi connectivity index (χ0v) is 12.4. The lowest BCUT2D eigenvalue weighted by molar-refractivity contribution is 0.919. The third-order valence-electron chi connectivity index (χ3n) is 2.86. The van der Waals surface area contributed by atoms with Gasteiger partial charge in [0, 0.05) is 16.5 Å². The standard InChI is InChI=1S/C13H9BrCl2N2/c14-12-6-11(17-13(18-12)7-1-2-7)9-5-8(15)3-4-10(9)16/h3-7H,1-2H2. The van der Waals surface area contributed by atoms with E-state index in [0.717, 1.165) is 21.7 Å². The number of hydrogen-bond acceptors (Lipinski definition) is 2. The van der Waals surface area contributed by atoms with Crippen LogP contribution in [0.2, 0.25) is 10.0 Å². The number of hydrogen-bond donors (Lipinski definition) is 0. The first kappa shape index (κ1) is 12.4. The summed E-state index contributed by atoms with van der Waals surface area (Å²) >= 11 is 15.6. The third kappa shape index (κ3) is 2.53. The lowest BCUT2D eigenvalue weighted by Gasteiger charge is -2.07. The van der Waals surface area contributed by atoms with Gasteiger partial charge in [0.25, 0.3) is 0 Å². The van der Waals surface area contributed by atoms with Crippen LogP contribution in [0.5, 0.6) is 0 Å². The van der Waals surface area contributed by atoms with Gasteiger partial charge in [-0.25, -0.2) is 9.97 Å². The van der Waals surface area contributed by atoms with Crippen LogP contribution in [-0.2, 0) is 0 Å². The fourth-order valence-electron chi connectivity index (χ4n) is 1.79. The van der Waals surface area contributed by atoms with E-state index in [1.165, 1.54) is 12.8 Å². The molecule has 0 atom stereocenters. The van der Waals surface area contributed by atoms with E-state index in [1.807, 2.05) is 12.1 Å². The Hall–Kier alpha value is -0.640. The van der Waals surface area contributed by atoms with Crippen LogP contribution in [0, 0.1) is 0 Å². The summed E-state index contributed by atoms with van der Waals surface area (Å²) in [6.45, 7) is 0. The molecule has 0 N–H and O–H groups in total. The minimum atomic E-state index is 0.499. The van der Waals surface area contributed by atoms with Gasteiger partial charge in [0.05, 0.1) is 10.7 Å². The number of benzene rings is 1. The minimum absolute atomic E-state index is 0.499. The SMILES string of the molecule is Clc1ccc(Cl)c(-c2cc(Br)nc(C3CC3)n2)c1. The molecule has 0 aliphatic heterocycles. The Bertz CT molecular complexity index is 612. The molecule has 1 aromatic heterocycles. The van der Waals surface area contributed by atoms with Crippen molar-refractivity contribution in [3.63, 3.8) is 0 Å². The number of aromatic nitrogens is 2. The lowest BCUT2D eigenvalue weighted by Crippen LogP contribution is -1.96. The summed E-state index contributed by atoms with van der Waals surface area (Å²) in [6.07, 6.45) is 2.33. The minimum Gasteiger partial charge on any atom is -0.232 e. The normalized spacial score (nSPS) is 14.8. The molecule has 1 aromatic carbocycles. The van der Waals surface area contributed by atoms with Gasteiger partial charge >= 0.3 is 0 Å². The topological polar surface area (TPSA) is 25.8 Å². The molecule has 1 saturated carbocycles. The molecule has 1 aliphatic carbocycles. The monoisotopic (exact) mass is 342 g/mol. The van der Waals surface area contributed by atoms with E-state index in [2.05, 4.69) is 25.9 Å². The van der Waals surface area contributed by atoms with E-state index in [4.69, 9.17) is 23.2 Å². The van der Waals surface area contributed by atoms with Gasteiger partial charge in [-0.3, -0.25) is 0 Å². The van der Waals surface area contributed by atoms with Crippen molar-refractivity contribution in [3.8, 4) is 11.3 Å². The molecule has 18 heavy (non-hydrogen) atoms. The van der Waals surface area contributed by atoms with Crippen molar-refractivity contribution in [1.29, 1.82) is 0 Å². The first-order valence-electron chi connectivity index (χ1n) is 5.63. The van der Waals surface area contributed by atoms with Crippen LogP contribution in [0.3, 0.4) is 0 Å². The Morgan fingerprint density at radius 3 is 2.61 bits per heavy atom. The molecular formula is C13H9BrCl2N2. The highest BCUT2D eigenvalue weighted by molar-refractivity contribution is 9.10. The van der Waals surface area contributed by atoms with Crippen LogP contribution in [0.4, 0.5) is 0 Å². The Labute approximate surface area is 123 Å². The van der Waals surface area contributed by atoms with Crippen molar-refractivity contribution >= 4 is 39.1 Å². The molecule has 1 heterocycles. The second kappa shape index (κ2) is 4.80. The van der Waals surface area contributed by atoms with Crippen molar-refractivity contribution in [2.24, 2.45) is 0 Å². The molecule has 0 amide bonds. The molecule has 0 radical (unpaired) electrons. The third-order valence-corrected chi connectivity index (χ3v) is 3.83. The number of nitrogens with zero attached hydrogens (tertiary/aromatic N) is 2. The van der Waals surface area contributed by atoms with Crippen LogP contribution in [0.15, 0.2) is 28.9 Å². The van der Waals surface area contributed by atoms with Crippen molar-refractivity contribution < 1.29 is 0 Å². The van der Waals surface area contributed by atoms with Gasteiger partial charge in [0.15, 0.2) is 0 Å². The van der Waals surface area contributed by atoms with Gasteiger partial charge in [-0.1, -0.05) is 23.2 Å². The number of halogens is 3. The molecular weight excluding hydrogens is 335 g/mol. The second-order valence-corrected chi connectivity index (χ2v) is 5.99. The molecule has 5 heteroatoms. The van der Waals surface area contributed by atoms with Gasteiger partial charge in [-0.05, 0) is 53.0 Å². The molecule has 2 nitrogen and oxygen atoms in total. The van der Waals surface area contributed by atoms with Crippen LogP contribution in [-0.4, -0.2) is 9.97 Å². The molecule has 2 aromatic rings. The van der Waals surface area contributed by atoms with Crippen LogP contribution >= 0.6 is 39.1 Å². The Balaban J connectivity index is 2.12. The molecule has 0 bridgehead atoms. The summed E-state index contributed by atoms with van der Waals surface area (Å²) in [5, 5.41) is 1.30. The van der Waals surface area contributed by atoms with E-state index >= 15 is 0 Å². The van der Waals surface area contributed by atoms with E-state index < -0.39 is 0 Å². The lowest BCUT2D eigenvalue weighted by atomic mass is 10.1. The predicted octanol–water partition coefficient (Wildman–Crippen LogP) is 5.09. The summed E-state index contributed by atoms with van der Waals surface area (Å²) in [7, 11) is 0. The second-order valence-electron chi connectivity index (χ2n) is 4.33. The maximum absolute atomic E-state index is 6.20. The van der Waals surface area contributed by atoms with Crippen LogP contribution in [0.1, 0.15) is 24.6 Å². The van der Waals surface area contributed by atoms with Gasteiger partial charge in [0.2, 0.25) is 0 Å². The summed E-state index contributed by atoms with van der Waals surface area (Å²) in [5.41, 5.74) is 1.65. The summed E-state index contributed by atoms with van der Waals surface area (Å²) in [6, 6.07) is 7.25. The molecule has 1 aliphatic rings. The van der Waals surface area contributed by atoms with Gasteiger partial charge < -0.3 is 0 Å². The van der Waals surface area contributed by atoms with E-state index in [0.29, 0.717) is 16.0 Å². The molecule has 0 saturated heterocycles. The van der Waals surface area contributed by atoms with Crippen molar-refractivity contribution in [2.45, 2.75) is 18.8 Å². The fourth-order valence-corrected chi connectivity index (χ4v) is 2.58. The van der Waals surface area contributed by atoms with Crippen molar-refractivity contribution in [3.05, 3.63) is 44.7 Å². The summed E-state index contributed by atoms with van der Waals surface area (Å²) < 4.78 is 0.783. The zero-order valence-electron chi connectivity index (χ0n) is 9.33. The average molecular weight is 344 g/mol. The molecule has 1 fully saturated rings. The van der Waals surface area contributed by atoms with Gasteiger partial charge in [-0.2, -0.15) is 0 Å². The molecule has 92 valence electrons. The van der Waals surface area contributed by atoms with E-state index in [1.54, 1.807) is 12.1 Å². The fraction of sp³-hybridized carbons (Fsp3) is 0.231.